The lowest BCUT2D eigenvalue weighted by molar-refractivity contribution is -0.143. The van der Waals surface area contributed by atoms with Crippen LogP contribution in [-0.4, -0.2) is 65.1 Å². The van der Waals surface area contributed by atoms with Crippen molar-refractivity contribution < 1.29 is 14.4 Å². The Hall–Kier alpha value is -2.37. The number of carbonyl (C=O) groups excluding carboxylic acids is 3. The van der Waals surface area contributed by atoms with E-state index in [0.717, 1.165) is 44.3 Å². The lowest BCUT2D eigenvalue weighted by atomic mass is 9.93. The van der Waals surface area contributed by atoms with Gasteiger partial charge < -0.3 is 14.7 Å². The van der Waals surface area contributed by atoms with E-state index in [0.29, 0.717) is 32.6 Å². The number of rotatable bonds is 4. The highest BCUT2D eigenvalue weighted by molar-refractivity contribution is 5.89. The summed E-state index contributed by atoms with van der Waals surface area (Å²) in [6.45, 7) is 4.10. The highest BCUT2D eigenvalue weighted by Crippen LogP contribution is 2.26. The summed E-state index contributed by atoms with van der Waals surface area (Å²) in [6, 6.07) is 9.90. The first-order valence-electron chi connectivity index (χ1n) is 11.0. The summed E-state index contributed by atoms with van der Waals surface area (Å²) < 4.78 is 0. The predicted octanol–water partition coefficient (Wildman–Crippen LogP) is 2.29. The third-order valence-corrected chi connectivity index (χ3v) is 6.60. The molecule has 1 unspecified atom stereocenters. The average Bonchev–Trinajstić information content (AvgIpc) is 3.14. The number of amides is 3. The van der Waals surface area contributed by atoms with E-state index in [9.17, 15) is 14.4 Å². The Labute approximate surface area is 172 Å². The SMILES string of the molecule is O=C1CC(C(=O)N2CCC(C(=O)N3CCCCC3)CC2)CN1Cc1ccccc1. The molecule has 3 aliphatic rings. The molecule has 3 heterocycles. The third-order valence-electron chi connectivity index (χ3n) is 6.60. The predicted molar refractivity (Wildman–Crippen MR) is 110 cm³/mol. The molecular formula is C23H31N3O3. The van der Waals surface area contributed by atoms with Crippen molar-refractivity contribution in [1.29, 1.82) is 0 Å². The molecule has 156 valence electrons. The van der Waals surface area contributed by atoms with Gasteiger partial charge in [0.25, 0.3) is 0 Å². The molecule has 1 aromatic carbocycles. The van der Waals surface area contributed by atoms with Gasteiger partial charge in [-0.3, -0.25) is 14.4 Å². The van der Waals surface area contributed by atoms with E-state index in [2.05, 4.69) is 0 Å². The Morgan fingerprint density at radius 3 is 2.14 bits per heavy atom. The van der Waals surface area contributed by atoms with E-state index in [1.54, 1.807) is 4.90 Å². The maximum absolute atomic E-state index is 13.0. The summed E-state index contributed by atoms with van der Waals surface area (Å²) in [5.41, 5.74) is 1.09. The molecule has 1 atom stereocenters. The second kappa shape index (κ2) is 8.97. The zero-order chi connectivity index (χ0) is 20.2. The lowest BCUT2D eigenvalue weighted by Crippen LogP contribution is -2.47. The number of likely N-dealkylation sites (tertiary alicyclic amines) is 3. The Morgan fingerprint density at radius 2 is 1.45 bits per heavy atom. The molecule has 1 aromatic rings. The molecule has 6 nitrogen and oxygen atoms in total. The summed E-state index contributed by atoms with van der Waals surface area (Å²) in [6.07, 6.45) is 5.23. The Balaban J connectivity index is 1.27. The molecular weight excluding hydrogens is 366 g/mol. The van der Waals surface area contributed by atoms with Crippen LogP contribution in [0.5, 0.6) is 0 Å². The quantitative estimate of drug-likeness (QED) is 0.783. The van der Waals surface area contributed by atoms with Crippen molar-refractivity contribution in [1.82, 2.24) is 14.7 Å². The molecule has 3 amide bonds. The van der Waals surface area contributed by atoms with Crippen LogP contribution in [0, 0.1) is 11.8 Å². The van der Waals surface area contributed by atoms with E-state index >= 15 is 0 Å². The number of hydrogen-bond acceptors (Lipinski definition) is 3. The van der Waals surface area contributed by atoms with Crippen LogP contribution in [0.1, 0.15) is 44.1 Å². The standard InChI is InChI=1S/C23H31N3O3/c27-21-15-20(17-26(21)16-18-7-3-1-4-8-18)23(29)25-13-9-19(10-14-25)22(28)24-11-5-2-6-12-24/h1,3-4,7-8,19-20H,2,5-6,9-17H2. The van der Waals surface area contributed by atoms with Crippen LogP contribution < -0.4 is 0 Å². The molecule has 0 aliphatic carbocycles. The second-order valence-corrected chi connectivity index (χ2v) is 8.65. The zero-order valence-electron chi connectivity index (χ0n) is 17.1. The van der Waals surface area contributed by atoms with E-state index in [-0.39, 0.29) is 29.6 Å². The van der Waals surface area contributed by atoms with Gasteiger partial charge in [0, 0.05) is 51.6 Å². The Bertz CT molecular complexity index is 737. The normalized spacial score (nSPS) is 23.5. The fourth-order valence-corrected chi connectivity index (χ4v) is 4.87. The Morgan fingerprint density at radius 1 is 0.828 bits per heavy atom. The highest BCUT2D eigenvalue weighted by atomic mass is 16.2. The first-order valence-corrected chi connectivity index (χ1v) is 11.0. The van der Waals surface area contributed by atoms with Crippen LogP contribution in [-0.2, 0) is 20.9 Å². The van der Waals surface area contributed by atoms with Crippen molar-refractivity contribution in [2.75, 3.05) is 32.7 Å². The number of hydrogen-bond donors (Lipinski definition) is 0. The van der Waals surface area contributed by atoms with Gasteiger partial charge in [0.15, 0.2) is 0 Å². The molecule has 0 bridgehead atoms. The highest BCUT2D eigenvalue weighted by Gasteiger charge is 2.38. The van der Waals surface area contributed by atoms with Gasteiger partial charge in [-0.25, -0.2) is 0 Å². The summed E-state index contributed by atoms with van der Waals surface area (Å²) in [5.74, 6) is 0.222. The van der Waals surface area contributed by atoms with Crippen molar-refractivity contribution in [3.63, 3.8) is 0 Å². The van der Waals surface area contributed by atoms with E-state index < -0.39 is 0 Å². The largest absolute Gasteiger partial charge is 0.342 e. The number of benzene rings is 1. The minimum Gasteiger partial charge on any atom is -0.342 e. The molecule has 0 saturated carbocycles. The van der Waals surface area contributed by atoms with Crippen molar-refractivity contribution >= 4 is 17.7 Å². The molecule has 0 aromatic heterocycles. The monoisotopic (exact) mass is 397 g/mol. The maximum atomic E-state index is 13.0. The molecule has 4 rings (SSSR count). The van der Waals surface area contributed by atoms with E-state index in [1.165, 1.54) is 6.42 Å². The first-order chi connectivity index (χ1) is 14.1. The maximum Gasteiger partial charge on any atom is 0.227 e. The molecule has 0 radical (unpaired) electrons. The van der Waals surface area contributed by atoms with E-state index in [1.807, 2.05) is 40.1 Å². The van der Waals surface area contributed by atoms with Crippen LogP contribution in [0.3, 0.4) is 0 Å². The van der Waals surface area contributed by atoms with Crippen LogP contribution in [0.2, 0.25) is 0 Å². The van der Waals surface area contributed by atoms with Gasteiger partial charge in [-0.05, 0) is 37.7 Å². The van der Waals surface area contributed by atoms with Crippen LogP contribution in [0.4, 0.5) is 0 Å². The van der Waals surface area contributed by atoms with E-state index in [4.69, 9.17) is 0 Å². The number of piperidine rings is 2. The molecule has 29 heavy (non-hydrogen) atoms. The fourth-order valence-electron chi connectivity index (χ4n) is 4.87. The summed E-state index contributed by atoms with van der Waals surface area (Å²) in [7, 11) is 0. The lowest BCUT2D eigenvalue weighted by Gasteiger charge is -2.36. The Kier molecular flexibility index (Phi) is 6.16. The third kappa shape index (κ3) is 4.62. The minimum atomic E-state index is -0.249. The number of nitrogens with zero attached hydrogens (tertiary/aromatic N) is 3. The summed E-state index contributed by atoms with van der Waals surface area (Å²) >= 11 is 0. The van der Waals surface area contributed by atoms with Gasteiger partial charge in [0.2, 0.25) is 17.7 Å². The van der Waals surface area contributed by atoms with Crippen molar-refractivity contribution in [3.05, 3.63) is 35.9 Å². The molecule has 0 N–H and O–H groups in total. The van der Waals surface area contributed by atoms with Gasteiger partial charge in [-0.15, -0.1) is 0 Å². The van der Waals surface area contributed by atoms with Gasteiger partial charge in [-0.1, -0.05) is 30.3 Å². The van der Waals surface area contributed by atoms with Gasteiger partial charge in [0.1, 0.15) is 0 Å². The van der Waals surface area contributed by atoms with Gasteiger partial charge >= 0.3 is 0 Å². The first kappa shape index (κ1) is 19.9. The van der Waals surface area contributed by atoms with Crippen LogP contribution in [0.25, 0.3) is 0 Å². The average molecular weight is 398 g/mol. The minimum absolute atomic E-state index is 0.0527. The summed E-state index contributed by atoms with van der Waals surface area (Å²) in [4.78, 5) is 43.8. The molecule has 3 aliphatic heterocycles. The fraction of sp³-hybridized carbons (Fsp3) is 0.609. The smallest absolute Gasteiger partial charge is 0.227 e. The van der Waals surface area contributed by atoms with Crippen molar-refractivity contribution in [2.24, 2.45) is 11.8 Å². The van der Waals surface area contributed by atoms with Crippen LogP contribution >= 0.6 is 0 Å². The van der Waals surface area contributed by atoms with Crippen molar-refractivity contribution in [3.8, 4) is 0 Å². The van der Waals surface area contributed by atoms with Crippen LogP contribution in [0.15, 0.2) is 30.3 Å². The molecule has 3 fully saturated rings. The molecule has 3 saturated heterocycles. The van der Waals surface area contributed by atoms with Gasteiger partial charge in [0.05, 0.1) is 5.92 Å². The van der Waals surface area contributed by atoms with Gasteiger partial charge in [-0.2, -0.15) is 0 Å². The van der Waals surface area contributed by atoms with Crippen molar-refractivity contribution in [2.45, 2.75) is 45.1 Å². The topological polar surface area (TPSA) is 60.9 Å². The second-order valence-electron chi connectivity index (χ2n) is 8.65. The number of carbonyl (C=O) groups is 3. The molecule has 0 spiro atoms. The zero-order valence-corrected chi connectivity index (χ0v) is 17.1. The summed E-state index contributed by atoms with van der Waals surface area (Å²) in [5, 5.41) is 0. The molecule has 6 heteroatoms.